The Balaban J connectivity index is 2.45. The molecule has 1 heterocycles. The highest BCUT2D eigenvalue weighted by atomic mass is 16.5. The Morgan fingerprint density at radius 1 is 1.55 bits per heavy atom. The highest BCUT2D eigenvalue weighted by Gasteiger charge is 2.20. The van der Waals surface area contributed by atoms with Gasteiger partial charge in [-0.25, -0.2) is 0 Å². The summed E-state index contributed by atoms with van der Waals surface area (Å²) in [6.45, 7) is 1.77. The first-order valence-electron chi connectivity index (χ1n) is 3.67. The van der Waals surface area contributed by atoms with Gasteiger partial charge in [-0.2, -0.15) is 0 Å². The van der Waals surface area contributed by atoms with E-state index in [1.165, 1.54) is 0 Å². The van der Waals surface area contributed by atoms with E-state index in [1.807, 2.05) is 0 Å². The van der Waals surface area contributed by atoms with Gasteiger partial charge >= 0.3 is 0 Å². The second kappa shape index (κ2) is 4.08. The fourth-order valence-corrected chi connectivity index (χ4v) is 1.10. The quantitative estimate of drug-likeness (QED) is 0.548. The van der Waals surface area contributed by atoms with E-state index in [4.69, 9.17) is 0 Å². The number of carbonyl (C=O) groups excluding carboxylic acids is 2. The molecule has 0 aromatic heterocycles. The molecule has 1 fully saturated rings. The van der Waals surface area contributed by atoms with Gasteiger partial charge in [0, 0.05) is 19.4 Å². The minimum absolute atomic E-state index is 0.0158. The van der Waals surface area contributed by atoms with E-state index >= 15 is 0 Å². The molecule has 11 heavy (non-hydrogen) atoms. The number of ketones is 1. The van der Waals surface area contributed by atoms with Gasteiger partial charge in [-0.1, -0.05) is 0 Å². The molecule has 1 rings (SSSR count). The lowest BCUT2D eigenvalue weighted by molar-refractivity contribution is -0.143. The SMILES string of the molecule is O=COC1CCNCCC1=O. The number of Topliss-reactive ketones (excluding diaryl/α,β-unsaturated/α-hetero) is 1. The minimum atomic E-state index is -0.512. The molecule has 0 bridgehead atoms. The van der Waals surface area contributed by atoms with Crippen LogP contribution >= 0.6 is 0 Å². The summed E-state index contributed by atoms with van der Waals surface area (Å²) in [6, 6.07) is 0. The maximum atomic E-state index is 11.1. The van der Waals surface area contributed by atoms with Crippen molar-refractivity contribution in [3.8, 4) is 0 Å². The number of rotatable bonds is 2. The molecule has 4 nitrogen and oxygen atoms in total. The van der Waals surface area contributed by atoms with Crippen molar-refractivity contribution in [1.29, 1.82) is 0 Å². The minimum Gasteiger partial charge on any atom is -0.457 e. The average molecular weight is 157 g/mol. The van der Waals surface area contributed by atoms with Crippen LogP contribution in [0.15, 0.2) is 0 Å². The van der Waals surface area contributed by atoms with Crippen molar-refractivity contribution in [2.75, 3.05) is 13.1 Å². The molecule has 0 spiro atoms. The molecule has 4 heteroatoms. The average Bonchev–Trinajstić information content (AvgIpc) is 2.18. The van der Waals surface area contributed by atoms with E-state index < -0.39 is 6.10 Å². The van der Waals surface area contributed by atoms with Crippen LogP contribution in [0.3, 0.4) is 0 Å². The molecule has 1 atom stereocenters. The molecule has 0 aromatic rings. The van der Waals surface area contributed by atoms with Crippen LogP contribution in [0.2, 0.25) is 0 Å². The monoisotopic (exact) mass is 157 g/mol. The third kappa shape index (κ3) is 2.31. The van der Waals surface area contributed by atoms with Gasteiger partial charge < -0.3 is 10.1 Å². The molecule has 0 saturated carbocycles. The first kappa shape index (κ1) is 8.20. The summed E-state index contributed by atoms with van der Waals surface area (Å²) in [5, 5.41) is 3.05. The van der Waals surface area contributed by atoms with E-state index in [-0.39, 0.29) is 5.78 Å². The second-order valence-corrected chi connectivity index (χ2v) is 2.48. The summed E-state index contributed by atoms with van der Waals surface area (Å²) in [4.78, 5) is 21.0. The molecule has 1 unspecified atom stereocenters. The third-order valence-electron chi connectivity index (χ3n) is 1.71. The Bertz CT molecular complexity index is 158. The van der Waals surface area contributed by atoms with E-state index in [9.17, 15) is 9.59 Å². The molecule has 0 amide bonds. The molecule has 1 N–H and O–H groups in total. The summed E-state index contributed by atoms with van der Waals surface area (Å²) in [7, 11) is 0. The standard InChI is InChI=1S/C7H11NO3/c9-5-11-7-2-4-8-3-1-6(7)10/h5,7-8H,1-4H2. The fraction of sp³-hybridized carbons (Fsp3) is 0.714. The summed E-state index contributed by atoms with van der Waals surface area (Å²) >= 11 is 0. The van der Waals surface area contributed by atoms with Gasteiger partial charge in [-0.05, 0) is 6.54 Å². The normalized spacial score (nSPS) is 25.8. The van der Waals surface area contributed by atoms with Gasteiger partial charge in [-0.3, -0.25) is 9.59 Å². The van der Waals surface area contributed by atoms with Crippen molar-refractivity contribution >= 4 is 12.3 Å². The highest BCUT2D eigenvalue weighted by Crippen LogP contribution is 2.03. The van der Waals surface area contributed by atoms with Gasteiger partial charge in [-0.15, -0.1) is 0 Å². The predicted octanol–water partition coefficient (Wildman–Crippen LogP) is -0.520. The molecule has 1 saturated heterocycles. The van der Waals surface area contributed by atoms with Crippen LogP contribution in [0.4, 0.5) is 0 Å². The molecule has 0 aromatic carbocycles. The zero-order chi connectivity index (χ0) is 8.10. The molecule has 0 aliphatic carbocycles. The van der Waals surface area contributed by atoms with E-state index in [0.29, 0.717) is 25.9 Å². The number of hydrogen-bond donors (Lipinski definition) is 1. The Morgan fingerprint density at radius 2 is 2.36 bits per heavy atom. The van der Waals surface area contributed by atoms with Crippen LogP contribution in [0.5, 0.6) is 0 Å². The third-order valence-corrected chi connectivity index (χ3v) is 1.71. The Labute approximate surface area is 64.9 Å². The molecular formula is C7H11NO3. The number of ether oxygens (including phenoxy) is 1. The fourth-order valence-electron chi connectivity index (χ4n) is 1.10. The van der Waals surface area contributed by atoms with E-state index in [0.717, 1.165) is 6.54 Å². The molecule has 1 aliphatic heterocycles. The Morgan fingerprint density at radius 3 is 3.09 bits per heavy atom. The predicted molar refractivity (Wildman–Crippen MR) is 38.0 cm³/mol. The van der Waals surface area contributed by atoms with Crippen LogP contribution in [0, 0.1) is 0 Å². The van der Waals surface area contributed by atoms with Crippen molar-refractivity contribution in [2.24, 2.45) is 0 Å². The van der Waals surface area contributed by atoms with Crippen molar-refractivity contribution in [3.05, 3.63) is 0 Å². The number of hydrogen-bond acceptors (Lipinski definition) is 4. The first-order chi connectivity index (χ1) is 5.34. The Kier molecular flexibility index (Phi) is 3.04. The van der Waals surface area contributed by atoms with Crippen molar-refractivity contribution in [3.63, 3.8) is 0 Å². The van der Waals surface area contributed by atoms with Crippen molar-refractivity contribution in [1.82, 2.24) is 5.32 Å². The largest absolute Gasteiger partial charge is 0.457 e. The van der Waals surface area contributed by atoms with Gasteiger partial charge in [0.25, 0.3) is 6.47 Å². The smallest absolute Gasteiger partial charge is 0.293 e. The van der Waals surface area contributed by atoms with E-state index in [2.05, 4.69) is 10.1 Å². The van der Waals surface area contributed by atoms with Crippen molar-refractivity contribution in [2.45, 2.75) is 18.9 Å². The lowest BCUT2D eigenvalue weighted by Crippen LogP contribution is -2.23. The molecule has 0 radical (unpaired) electrons. The maximum Gasteiger partial charge on any atom is 0.293 e. The van der Waals surface area contributed by atoms with Gasteiger partial charge in [0.15, 0.2) is 11.9 Å². The molecule has 1 aliphatic rings. The maximum absolute atomic E-state index is 11.1. The number of nitrogens with one attached hydrogen (secondary N) is 1. The van der Waals surface area contributed by atoms with E-state index in [1.54, 1.807) is 0 Å². The summed E-state index contributed by atoms with van der Waals surface area (Å²) in [5.41, 5.74) is 0. The summed E-state index contributed by atoms with van der Waals surface area (Å²) in [5.74, 6) is 0.0158. The van der Waals surface area contributed by atoms with Crippen LogP contribution in [-0.2, 0) is 14.3 Å². The second-order valence-electron chi connectivity index (χ2n) is 2.48. The summed E-state index contributed by atoms with van der Waals surface area (Å²) < 4.78 is 4.60. The van der Waals surface area contributed by atoms with Crippen molar-refractivity contribution < 1.29 is 14.3 Å². The lowest BCUT2D eigenvalue weighted by Gasteiger charge is -2.08. The lowest BCUT2D eigenvalue weighted by atomic mass is 10.1. The first-order valence-corrected chi connectivity index (χ1v) is 3.67. The van der Waals surface area contributed by atoms with Crippen LogP contribution in [-0.4, -0.2) is 31.4 Å². The van der Waals surface area contributed by atoms with Crippen LogP contribution in [0.25, 0.3) is 0 Å². The van der Waals surface area contributed by atoms with Gasteiger partial charge in [0.2, 0.25) is 0 Å². The molecule has 62 valence electrons. The number of carbonyl (C=O) groups is 2. The zero-order valence-corrected chi connectivity index (χ0v) is 6.21. The molecular weight excluding hydrogens is 146 g/mol. The zero-order valence-electron chi connectivity index (χ0n) is 6.21. The Hall–Kier alpha value is -0.900. The van der Waals surface area contributed by atoms with Gasteiger partial charge in [0.05, 0.1) is 0 Å². The van der Waals surface area contributed by atoms with Crippen LogP contribution < -0.4 is 5.32 Å². The summed E-state index contributed by atoms with van der Waals surface area (Å²) in [6.07, 6.45) is 0.540. The van der Waals surface area contributed by atoms with Gasteiger partial charge in [0.1, 0.15) is 0 Å². The topological polar surface area (TPSA) is 55.4 Å². The van der Waals surface area contributed by atoms with Crippen LogP contribution in [0.1, 0.15) is 12.8 Å². The highest BCUT2D eigenvalue weighted by molar-refractivity contribution is 5.84.